The second kappa shape index (κ2) is 20.3. The molecule has 6 rings (SSSR count). The monoisotopic (exact) mass is 746 g/mol. The SMILES string of the molecule is CC[C@H]1O[C@@H]2SC(N(C)C)=N[C@@H]2[C@H]2OC(C)(C)O[C@@H]21.CN(C)C1=N[C@@H]2[C@H]3OC(C)(C)O[C@@H]3[C@@H](CO)O[C@@H]2S1.CO.O=CO[O-].[H-].[K+].[K+]. The molecule has 46 heavy (non-hydrogen) atoms. The van der Waals surface area contributed by atoms with Gasteiger partial charge in [0.2, 0.25) is 0 Å². The molecule has 0 unspecified atom stereocenters. The molecule has 6 aliphatic rings. The number of hydrogen-bond acceptors (Lipinski definition) is 17. The zero-order valence-corrected chi connectivity index (χ0v) is 36.8. The number of ether oxygens (including phenoxy) is 6. The number of carbonyl (C=O) groups is 1. The van der Waals surface area contributed by atoms with Crippen molar-refractivity contribution in [1.82, 2.24) is 9.80 Å². The smallest absolute Gasteiger partial charge is 1.00 e. The molecule has 0 saturated carbocycles. The van der Waals surface area contributed by atoms with E-state index in [2.05, 4.69) is 16.8 Å². The Morgan fingerprint density at radius 1 is 0.826 bits per heavy atom. The van der Waals surface area contributed by atoms with Crippen LogP contribution in [-0.2, 0) is 38.1 Å². The molecule has 0 aromatic carbocycles. The molecule has 4 fully saturated rings. The average Bonchev–Trinajstić information content (AvgIpc) is 3.74. The van der Waals surface area contributed by atoms with Crippen molar-refractivity contribution >= 4 is 40.3 Å². The molecular weight excluding hydrogens is 699 g/mol. The molecule has 4 saturated heterocycles. The quantitative estimate of drug-likeness (QED) is 0.121. The van der Waals surface area contributed by atoms with E-state index in [4.69, 9.17) is 48.6 Å². The molecule has 2 N–H and O–H groups in total. The van der Waals surface area contributed by atoms with Crippen LogP contribution in [0.15, 0.2) is 9.98 Å². The van der Waals surface area contributed by atoms with E-state index in [1.54, 1.807) is 23.5 Å². The summed E-state index contributed by atoms with van der Waals surface area (Å²) in [5, 5.41) is 26.9. The van der Waals surface area contributed by atoms with E-state index in [1.165, 1.54) is 0 Å². The summed E-state index contributed by atoms with van der Waals surface area (Å²) >= 11 is 3.27. The predicted molar refractivity (Wildman–Crippen MR) is 164 cm³/mol. The van der Waals surface area contributed by atoms with Crippen molar-refractivity contribution in [3.8, 4) is 0 Å². The van der Waals surface area contributed by atoms with Crippen LogP contribution in [0.3, 0.4) is 0 Å². The number of amidine groups is 2. The minimum Gasteiger partial charge on any atom is -1.00 e. The van der Waals surface area contributed by atoms with E-state index in [9.17, 15) is 5.11 Å². The fourth-order valence-electron chi connectivity index (χ4n) is 5.61. The Morgan fingerprint density at radius 2 is 1.17 bits per heavy atom. The van der Waals surface area contributed by atoms with Crippen LogP contribution in [-0.4, -0.2) is 150 Å². The van der Waals surface area contributed by atoms with E-state index in [1.807, 2.05) is 65.7 Å². The molecule has 0 bridgehead atoms. The maximum absolute atomic E-state index is 9.49. The van der Waals surface area contributed by atoms with Gasteiger partial charge in [-0.05, 0) is 34.1 Å². The van der Waals surface area contributed by atoms with E-state index in [-0.39, 0.29) is 177 Å². The first-order valence-corrected chi connectivity index (χ1v) is 16.1. The number of aliphatic hydroxyl groups excluding tert-OH is 2. The Hall–Kier alpha value is 2.02. The van der Waals surface area contributed by atoms with Crippen molar-refractivity contribution in [2.45, 2.75) is 112 Å². The summed E-state index contributed by atoms with van der Waals surface area (Å²) in [6.45, 7) is 9.57. The molecule has 0 aromatic rings. The zero-order valence-electron chi connectivity index (χ0n) is 29.9. The summed E-state index contributed by atoms with van der Waals surface area (Å²) in [5.74, 6) is -1.19. The van der Waals surface area contributed by atoms with Gasteiger partial charge in [-0.25, -0.2) is 0 Å². The molecule has 0 aromatic heterocycles. The minimum absolute atomic E-state index is 0. The maximum atomic E-state index is 9.49. The molecule has 0 aliphatic carbocycles. The molecule has 0 radical (unpaired) electrons. The molecule has 19 heteroatoms. The Balaban J connectivity index is 0.000000732. The molecule has 15 nitrogen and oxygen atoms in total. The standard InChI is InChI=1S/C13H22N2O3S.C12H20N2O4S.CH2O3.CH4O.2K.H/c1-6-7-9-10(18-13(2,3)17-9)8-11(16-7)19-12(14-8)15(4)5;1-12(2)17-8-6(5-15)16-10-7(9(8)18-12)13-11(19-10)14(3)4;2-1-4-3;1-2;;;/h7-11H,6H2,1-5H3;6-10,15H,5H2,1-4H3;1,3H;2H,1H3;;;/q;;;;2*+1;-1/p-1/t7-,8-,9-,10-,11-;6-,7-,8-,9-,10-;;;;;/m11...../s1. The number of aliphatic imine (C=N–C) groups is 2. The molecular formula is C27H48K2N4O11S2. The van der Waals surface area contributed by atoms with Gasteiger partial charge in [0.25, 0.3) is 6.47 Å². The van der Waals surface area contributed by atoms with Gasteiger partial charge in [-0.3, -0.25) is 14.8 Å². The van der Waals surface area contributed by atoms with Crippen molar-refractivity contribution in [2.24, 2.45) is 9.98 Å². The molecule has 6 aliphatic heterocycles. The van der Waals surface area contributed by atoms with Gasteiger partial charge in [0.05, 0.1) is 12.7 Å². The second-order valence-electron chi connectivity index (χ2n) is 11.8. The van der Waals surface area contributed by atoms with Gasteiger partial charge < -0.3 is 60.0 Å². The molecule has 0 spiro atoms. The van der Waals surface area contributed by atoms with E-state index in [0.717, 1.165) is 23.9 Å². The summed E-state index contributed by atoms with van der Waals surface area (Å²) in [4.78, 5) is 24.7. The van der Waals surface area contributed by atoms with E-state index >= 15 is 0 Å². The average molecular weight is 747 g/mol. The number of rotatable bonds is 3. The van der Waals surface area contributed by atoms with Crippen molar-refractivity contribution in [3.05, 3.63) is 0 Å². The molecule has 256 valence electrons. The van der Waals surface area contributed by atoms with Crippen LogP contribution in [0.5, 0.6) is 0 Å². The Labute approximate surface area is 366 Å². The first kappa shape index (κ1) is 46.0. The van der Waals surface area contributed by atoms with Crippen molar-refractivity contribution in [3.63, 3.8) is 0 Å². The van der Waals surface area contributed by atoms with Gasteiger partial charge in [-0.2, -0.15) is 0 Å². The summed E-state index contributed by atoms with van der Waals surface area (Å²) in [6, 6.07) is -0.0334. The summed E-state index contributed by atoms with van der Waals surface area (Å²) in [6.07, 6.45) is 0.259. The third-order valence-electron chi connectivity index (χ3n) is 7.26. The first-order valence-electron chi connectivity index (χ1n) is 14.4. The largest absolute Gasteiger partial charge is 1.00 e. The Bertz CT molecular complexity index is 963. The Morgan fingerprint density at radius 3 is 1.50 bits per heavy atom. The molecule has 6 heterocycles. The van der Waals surface area contributed by atoms with Crippen LogP contribution in [0, 0.1) is 0 Å². The minimum atomic E-state index is -0.651. The van der Waals surface area contributed by atoms with Crippen LogP contribution < -0.4 is 108 Å². The fourth-order valence-corrected chi connectivity index (χ4v) is 7.92. The van der Waals surface area contributed by atoms with E-state index in [0.29, 0.717) is 0 Å². The van der Waals surface area contributed by atoms with Crippen molar-refractivity contribution < 1.29 is 158 Å². The fraction of sp³-hybridized carbons (Fsp3) is 0.889. The third-order valence-corrected chi connectivity index (χ3v) is 9.86. The number of hydrogen-bond donors (Lipinski definition) is 2. The van der Waals surface area contributed by atoms with Gasteiger partial charge in [-0.1, -0.05) is 30.4 Å². The van der Waals surface area contributed by atoms with Gasteiger partial charge in [0.1, 0.15) is 53.5 Å². The van der Waals surface area contributed by atoms with Gasteiger partial charge >= 0.3 is 103 Å². The van der Waals surface area contributed by atoms with Crippen LogP contribution in [0.4, 0.5) is 0 Å². The number of nitrogens with zero attached hydrogens (tertiary/aromatic N) is 4. The first-order chi connectivity index (χ1) is 20.7. The van der Waals surface area contributed by atoms with Crippen LogP contribution >= 0.6 is 23.5 Å². The van der Waals surface area contributed by atoms with Crippen molar-refractivity contribution in [2.75, 3.05) is 41.9 Å². The summed E-state index contributed by atoms with van der Waals surface area (Å²) < 4.78 is 36.0. The summed E-state index contributed by atoms with van der Waals surface area (Å²) in [5.41, 5.74) is -0.0469. The van der Waals surface area contributed by atoms with Crippen LogP contribution in [0.2, 0.25) is 0 Å². The molecule has 10 atom stereocenters. The zero-order chi connectivity index (χ0) is 33.0. The topological polar surface area (TPSA) is 176 Å². The molecule has 0 amide bonds. The predicted octanol–water partition coefficient (Wildman–Crippen LogP) is -5.91. The van der Waals surface area contributed by atoms with Crippen LogP contribution in [0.1, 0.15) is 42.5 Å². The van der Waals surface area contributed by atoms with Gasteiger partial charge in [-0.15, -0.1) is 0 Å². The number of aliphatic hydroxyl groups is 2. The number of thioether (sulfide) groups is 2. The Kier molecular flexibility index (Phi) is 20.3. The normalized spacial score (nSPS) is 36.6. The van der Waals surface area contributed by atoms with E-state index < -0.39 is 11.6 Å². The third kappa shape index (κ3) is 11.3. The second-order valence-corrected chi connectivity index (χ2v) is 14.0. The van der Waals surface area contributed by atoms with Crippen LogP contribution in [0.25, 0.3) is 0 Å². The van der Waals surface area contributed by atoms with Gasteiger partial charge in [0, 0.05) is 35.3 Å². The number of carbonyl (C=O) groups excluding carboxylic acids is 1. The maximum Gasteiger partial charge on any atom is 1.00 e. The van der Waals surface area contributed by atoms with Crippen molar-refractivity contribution in [1.29, 1.82) is 0 Å². The summed E-state index contributed by atoms with van der Waals surface area (Å²) in [7, 11) is 8.93. The number of fused-ring (bicyclic) bond motifs is 6. The van der Waals surface area contributed by atoms with Gasteiger partial charge in [0.15, 0.2) is 21.9 Å².